The Labute approximate surface area is 193 Å². The number of aryl methyl sites for hydroxylation is 2. The zero-order valence-electron chi connectivity index (χ0n) is 15.9. The minimum absolute atomic E-state index is 0.236. The summed E-state index contributed by atoms with van der Waals surface area (Å²) in [5.74, 6) is -0.784. The van der Waals surface area contributed by atoms with Gasteiger partial charge >= 0.3 is 5.97 Å². The number of methoxy groups -OCH3 is 1. The maximum Gasteiger partial charge on any atom is 0.323 e. The van der Waals surface area contributed by atoms with E-state index in [0.717, 1.165) is 39.1 Å². The van der Waals surface area contributed by atoms with Crippen molar-refractivity contribution >= 4 is 69.5 Å². The van der Waals surface area contributed by atoms with Crippen LogP contribution in [0.15, 0.2) is 41.3 Å². The number of nitrogens with zero attached hydrogens (tertiary/aromatic N) is 1. The molecule has 0 saturated carbocycles. The summed E-state index contributed by atoms with van der Waals surface area (Å²) in [6.07, 6.45) is 3.07. The van der Waals surface area contributed by atoms with E-state index in [4.69, 9.17) is 45.3 Å². The van der Waals surface area contributed by atoms with Crippen molar-refractivity contribution in [3.63, 3.8) is 0 Å². The molecule has 0 unspecified atom stereocenters. The van der Waals surface area contributed by atoms with Crippen molar-refractivity contribution in [1.29, 1.82) is 0 Å². The Kier molecular flexibility index (Phi) is 7.41. The lowest BCUT2D eigenvalue weighted by atomic mass is 10.0. The zero-order chi connectivity index (χ0) is 21.8. The van der Waals surface area contributed by atoms with Gasteiger partial charge in [0.15, 0.2) is 0 Å². The second kappa shape index (κ2) is 9.83. The Bertz CT molecular complexity index is 1060. The number of rotatable bonds is 7. The van der Waals surface area contributed by atoms with Crippen molar-refractivity contribution < 1.29 is 19.4 Å². The highest BCUT2D eigenvalue weighted by molar-refractivity contribution is 8.26. The molecule has 0 aromatic heterocycles. The molecular weight excluding hydrogens is 465 g/mol. The third-order valence-electron chi connectivity index (χ3n) is 4.45. The molecule has 1 N–H and O–H groups in total. The fourth-order valence-corrected chi connectivity index (χ4v) is 4.76. The maximum atomic E-state index is 12.5. The number of hydrogen-bond acceptors (Lipinski definition) is 5. The maximum absolute atomic E-state index is 12.5. The number of aliphatic carboxylic acids is 1. The van der Waals surface area contributed by atoms with Crippen LogP contribution in [-0.2, 0) is 22.4 Å². The highest BCUT2D eigenvalue weighted by atomic mass is 35.5. The van der Waals surface area contributed by atoms with E-state index >= 15 is 0 Å². The summed E-state index contributed by atoms with van der Waals surface area (Å²) in [5.41, 5.74) is 2.73. The first-order valence-corrected chi connectivity index (χ1v) is 10.8. The highest BCUT2D eigenvalue weighted by Gasteiger charge is 2.33. The molecule has 156 valence electrons. The lowest BCUT2D eigenvalue weighted by Gasteiger charge is -2.11. The Morgan fingerprint density at radius 1 is 1.20 bits per heavy atom. The minimum Gasteiger partial charge on any atom is -0.496 e. The topological polar surface area (TPSA) is 66.8 Å². The standard InChI is InChI=1S/C21H17Cl2NO4S2/c1-28-17-7-2-12(9-18-20(27)24(11-19(25)26)21(29)30-18)8-14(17)4-3-13-5-6-15(22)10-16(13)23/h2,5-10H,3-4,11H2,1H3,(H,25,26)/b18-9+. The smallest absolute Gasteiger partial charge is 0.323 e. The predicted molar refractivity (Wildman–Crippen MR) is 124 cm³/mol. The van der Waals surface area contributed by atoms with Crippen LogP contribution in [0.5, 0.6) is 5.75 Å². The number of hydrogen-bond donors (Lipinski definition) is 1. The number of thiocarbonyl (C=S) groups is 1. The Morgan fingerprint density at radius 3 is 2.60 bits per heavy atom. The SMILES string of the molecule is COc1ccc(/C=C2/SC(=S)N(CC(=O)O)C2=O)cc1CCc1ccc(Cl)cc1Cl. The highest BCUT2D eigenvalue weighted by Crippen LogP contribution is 2.33. The molecule has 1 heterocycles. The van der Waals surface area contributed by atoms with Crippen LogP contribution in [0.1, 0.15) is 16.7 Å². The van der Waals surface area contributed by atoms with Crippen LogP contribution in [0, 0.1) is 0 Å². The number of carbonyl (C=O) groups is 2. The number of carbonyl (C=O) groups excluding carboxylic acids is 1. The van der Waals surface area contributed by atoms with Crippen molar-refractivity contribution in [2.24, 2.45) is 0 Å². The second-order valence-electron chi connectivity index (χ2n) is 6.47. The first-order chi connectivity index (χ1) is 14.3. The van der Waals surface area contributed by atoms with E-state index in [2.05, 4.69) is 0 Å². The first-order valence-electron chi connectivity index (χ1n) is 8.86. The molecule has 30 heavy (non-hydrogen) atoms. The van der Waals surface area contributed by atoms with Crippen molar-refractivity contribution in [2.75, 3.05) is 13.7 Å². The van der Waals surface area contributed by atoms with Gasteiger partial charge in [0.1, 0.15) is 16.6 Å². The number of carboxylic acids is 1. The molecule has 0 bridgehead atoms. The molecule has 3 rings (SSSR count). The fourth-order valence-electron chi connectivity index (χ4n) is 3.00. The number of carboxylic acid groups (broad SMARTS) is 1. The molecular formula is C21H17Cl2NO4S2. The molecule has 1 amide bonds. The molecule has 0 atom stereocenters. The fraction of sp³-hybridized carbons (Fsp3) is 0.190. The summed E-state index contributed by atoms with van der Waals surface area (Å²) in [6, 6.07) is 11.0. The summed E-state index contributed by atoms with van der Waals surface area (Å²) >= 11 is 18.5. The number of thioether (sulfide) groups is 1. The molecule has 2 aromatic carbocycles. The van der Waals surface area contributed by atoms with Crippen LogP contribution < -0.4 is 4.74 Å². The van der Waals surface area contributed by atoms with Gasteiger partial charge in [-0.2, -0.15) is 0 Å². The van der Waals surface area contributed by atoms with E-state index in [1.807, 2.05) is 24.3 Å². The lowest BCUT2D eigenvalue weighted by Crippen LogP contribution is -2.33. The molecule has 5 nitrogen and oxygen atoms in total. The lowest BCUT2D eigenvalue weighted by molar-refractivity contribution is -0.140. The largest absolute Gasteiger partial charge is 0.496 e. The Hall–Kier alpha value is -2.06. The first kappa shape index (κ1) is 22.6. The quantitative estimate of drug-likeness (QED) is 0.439. The number of benzene rings is 2. The third-order valence-corrected chi connectivity index (χ3v) is 6.41. The van der Waals surface area contributed by atoms with Gasteiger partial charge in [-0.05, 0) is 59.9 Å². The molecule has 1 fully saturated rings. The molecule has 2 aromatic rings. The molecule has 1 aliphatic rings. The van der Waals surface area contributed by atoms with Gasteiger partial charge in [-0.25, -0.2) is 0 Å². The summed E-state index contributed by atoms with van der Waals surface area (Å²) in [4.78, 5) is 24.9. The van der Waals surface area contributed by atoms with Gasteiger partial charge in [0.2, 0.25) is 0 Å². The summed E-state index contributed by atoms with van der Waals surface area (Å²) in [7, 11) is 1.60. The van der Waals surface area contributed by atoms with Crippen LogP contribution in [0.3, 0.4) is 0 Å². The van der Waals surface area contributed by atoms with E-state index in [0.29, 0.717) is 27.8 Å². The van der Waals surface area contributed by atoms with Gasteiger partial charge in [-0.1, -0.05) is 59.3 Å². The Balaban J connectivity index is 1.82. The van der Waals surface area contributed by atoms with E-state index in [9.17, 15) is 9.59 Å². The molecule has 9 heteroatoms. The summed E-state index contributed by atoms with van der Waals surface area (Å²) in [5, 5.41) is 10.2. The van der Waals surface area contributed by atoms with E-state index in [1.54, 1.807) is 25.3 Å². The molecule has 1 aliphatic heterocycles. The van der Waals surface area contributed by atoms with Gasteiger partial charge in [0.05, 0.1) is 12.0 Å². The van der Waals surface area contributed by atoms with Gasteiger partial charge in [0, 0.05) is 10.0 Å². The van der Waals surface area contributed by atoms with Gasteiger partial charge in [-0.15, -0.1) is 0 Å². The van der Waals surface area contributed by atoms with Crippen LogP contribution in [0.2, 0.25) is 10.0 Å². The van der Waals surface area contributed by atoms with E-state index in [1.165, 1.54) is 0 Å². The van der Waals surface area contributed by atoms with Gasteiger partial charge in [-0.3, -0.25) is 14.5 Å². The third kappa shape index (κ3) is 5.35. The van der Waals surface area contributed by atoms with Crippen LogP contribution in [0.4, 0.5) is 0 Å². The average molecular weight is 482 g/mol. The van der Waals surface area contributed by atoms with E-state index < -0.39 is 18.4 Å². The minimum atomic E-state index is -1.11. The van der Waals surface area contributed by atoms with Gasteiger partial charge < -0.3 is 9.84 Å². The Morgan fingerprint density at radius 2 is 1.93 bits per heavy atom. The normalized spacial score (nSPS) is 15.2. The monoisotopic (exact) mass is 481 g/mol. The molecule has 0 spiro atoms. The van der Waals surface area contributed by atoms with E-state index in [-0.39, 0.29) is 4.32 Å². The van der Waals surface area contributed by atoms with Crippen molar-refractivity contribution in [3.05, 3.63) is 68.0 Å². The van der Waals surface area contributed by atoms with Crippen LogP contribution in [-0.4, -0.2) is 39.9 Å². The number of halogens is 2. The van der Waals surface area contributed by atoms with Gasteiger partial charge in [0.25, 0.3) is 5.91 Å². The zero-order valence-corrected chi connectivity index (χ0v) is 19.0. The van der Waals surface area contributed by atoms with Crippen molar-refractivity contribution in [3.8, 4) is 5.75 Å². The molecule has 1 saturated heterocycles. The molecule has 0 aliphatic carbocycles. The average Bonchev–Trinajstić information content (AvgIpc) is 2.94. The predicted octanol–water partition coefficient (Wildman–Crippen LogP) is 5.07. The van der Waals surface area contributed by atoms with Crippen molar-refractivity contribution in [1.82, 2.24) is 4.90 Å². The van der Waals surface area contributed by atoms with Crippen LogP contribution in [0.25, 0.3) is 6.08 Å². The van der Waals surface area contributed by atoms with Crippen molar-refractivity contribution in [2.45, 2.75) is 12.8 Å². The number of amides is 1. The summed E-state index contributed by atoms with van der Waals surface area (Å²) in [6.45, 7) is -0.447. The van der Waals surface area contributed by atoms with Crippen LogP contribution >= 0.6 is 47.2 Å². The molecule has 0 radical (unpaired) electrons. The summed E-state index contributed by atoms with van der Waals surface area (Å²) < 4.78 is 5.70. The second-order valence-corrected chi connectivity index (χ2v) is 8.99. The number of ether oxygens (including phenoxy) is 1.